The first-order chi connectivity index (χ1) is 9.97. The molecule has 0 spiro atoms. The maximum absolute atomic E-state index is 13.6. The molecule has 1 aromatic carbocycles. The lowest BCUT2D eigenvalue weighted by Gasteiger charge is -2.14. The van der Waals surface area contributed by atoms with E-state index in [9.17, 15) is 13.6 Å². The Morgan fingerprint density at radius 1 is 1.57 bits per heavy atom. The predicted molar refractivity (Wildman–Crippen MR) is 80.9 cm³/mol. The number of nitrogens with one attached hydrogen (secondary N) is 2. The van der Waals surface area contributed by atoms with Gasteiger partial charge in [-0.1, -0.05) is 35.2 Å². The lowest BCUT2D eigenvalue weighted by atomic mass is 10.1. The molecule has 112 valence electrons. The van der Waals surface area contributed by atoms with E-state index in [4.69, 9.17) is 12.2 Å². The molecule has 0 saturated heterocycles. The molecule has 1 heterocycles. The van der Waals surface area contributed by atoms with Crippen molar-refractivity contribution in [2.45, 2.75) is 17.3 Å². The largest absolute Gasteiger partial charge is 0.349 e. The van der Waals surface area contributed by atoms with Gasteiger partial charge >= 0.3 is 0 Å². The molecule has 0 fully saturated rings. The van der Waals surface area contributed by atoms with Crippen molar-refractivity contribution in [2.24, 2.45) is 0 Å². The van der Waals surface area contributed by atoms with Crippen LogP contribution in [-0.4, -0.2) is 21.9 Å². The van der Waals surface area contributed by atoms with Crippen LogP contribution in [0.2, 0.25) is 0 Å². The van der Waals surface area contributed by atoms with Crippen LogP contribution in [0.25, 0.3) is 0 Å². The van der Waals surface area contributed by atoms with Crippen molar-refractivity contribution in [1.82, 2.24) is 15.5 Å². The third-order valence-electron chi connectivity index (χ3n) is 2.57. The first-order valence-electron chi connectivity index (χ1n) is 5.89. The third kappa shape index (κ3) is 4.32. The first kappa shape index (κ1) is 16.1. The highest BCUT2D eigenvalue weighted by Gasteiger charge is 2.16. The van der Waals surface area contributed by atoms with Gasteiger partial charge in [0.25, 0.3) is 0 Å². The Hall–Kier alpha value is -1.32. The summed E-state index contributed by atoms with van der Waals surface area (Å²) in [5.74, 6) is -2.04. The Balaban J connectivity index is 1.92. The summed E-state index contributed by atoms with van der Waals surface area (Å²) < 4.78 is 27.9. The standard InChI is InChI=1S/C12H11F2N3OS3/c1-6(7-3-2-4-8(13)10(7)14)15-9(18)5-20-12-17-16-11(19)21-12/h2-4,6H,5H2,1H3,(H,15,18)(H,16,19)/t6-/m1/s1. The second-order valence-electron chi connectivity index (χ2n) is 4.10. The summed E-state index contributed by atoms with van der Waals surface area (Å²) in [5.41, 5.74) is 0.115. The third-order valence-corrected chi connectivity index (χ3v) is 4.80. The zero-order chi connectivity index (χ0) is 15.4. The lowest BCUT2D eigenvalue weighted by molar-refractivity contribution is -0.119. The summed E-state index contributed by atoms with van der Waals surface area (Å²) in [5, 5.41) is 9.14. The van der Waals surface area contributed by atoms with E-state index < -0.39 is 17.7 Å². The molecule has 9 heteroatoms. The van der Waals surface area contributed by atoms with Gasteiger partial charge in [0.1, 0.15) is 0 Å². The number of halogens is 2. The normalized spacial score (nSPS) is 12.1. The molecular weight excluding hydrogens is 336 g/mol. The molecule has 0 bridgehead atoms. The average Bonchev–Trinajstić information content (AvgIpc) is 2.85. The van der Waals surface area contributed by atoms with Gasteiger partial charge in [-0.05, 0) is 25.2 Å². The molecule has 0 aliphatic carbocycles. The number of carbonyl (C=O) groups is 1. The maximum atomic E-state index is 13.6. The van der Waals surface area contributed by atoms with Crippen molar-refractivity contribution in [3.05, 3.63) is 39.4 Å². The second kappa shape index (κ2) is 7.10. The van der Waals surface area contributed by atoms with Crippen LogP contribution < -0.4 is 5.32 Å². The van der Waals surface area contributed by atoms with Crippen molar-refractivity contribution in [1.29, 1.82) is 0 Å². The SMILES string of the molecule is C[C@@H](NC(=O)CSc1n[nH]c(=S)s1)c1cccc(F)c1F. The van der Waals surface area contributed by atoms with Gasteiger partial charge < -0.3 is 5.32 Å². The van der Waals surface area contributed by atoms with E-state index >= 15 is 0 Å². The van der Waals surface area contributed by atoms with Gasteiger partial charge in [0, 0.05) is 5.56 Å². The van der Waals surface area contributed by atoms with Crippen molar-refractivity contribution in [3.8, 4) is 0 Å². The van der Waals surface area contributed by atoms with E-state index in [1.807, 2.05) is 0 Å². The summed E-state index contributed by atoms with van der Waals surface area (Å²) in [4.78, 5) is 11.8. The van der Waals surface area contributed by atoms with Gasteiger partial charge in [-0.2, -0.15) is 5.10 Å². The summed E-state index contributed by atoms with van der Waals surface area (Å²) in [7, 11) is 0. The Bertz CT molecular complexity index is 701. The number of hydrogen-bond donors (Lipinski definition) is 2. The quantitative estimate of drug-likeness (QED) is 0.642. The number of carbonyl (C=O) groups excluding carboxylic acids is 1. The molecule has 1 aromatic heterocycles. The molecule has 0 aliphatic heterocycles. The van der Waals surface area contributed by atoms with Crippen LogP contribution in [0.4, 0.5) is 8.78 Å². The van der Waals surface area contributed by atoms with Gasteiger partial charge in [-0.3, -0.25) is 9.89 Å². The first-order valence-corrected chi connectivity index (χ1v) is 8.10. The number of amides is 1. The van der Waals surface area contributed by atoms with Gasteiger partial charge in [0.05, 0.1) is 11.8 Å². The minimum atomic E-state index is -0.941. The van der Waals surface area contributed by atoms with E-state index in [0.29, 0.717) is 8.29 Å². The van der Waals surface area contributed by atoms with Crippen molar-refractivity contribution in [2.75, 3.05) is 5.75 Å². The fourth-order valence-electron chi connectivity index (χ4n) is 1.62. The van der Waals surface area contributed by atoms with Crippen LogP contribution in [0, 0.1) is 15.6 Å². The Labute approximate surface area is 133 Å². The minimum Gasteiger partial charge on any atom is -0.349 e. The molecule has 0 radical (unpaired) electrons. The molecule has 1 amide bonds. The molecule has 1 atom stereocenters. The minimum absolute atomic E-state index is 0.115. The van der Waals surface area contributed by atoms with E-state index in [1.165, 1.54) is 35.2 Å². The molecule has 0 aliphatic rings. The zero-order valence-electron chi connectivity index (χ0n) is 10.9. The predicted octanol–water partition coefficient (Wildman–Crippen LogP) is 3.45. The van der Waals surface area contributed by atoms with Gasteiger partial charge in [0.15, 0.2) is 19.9 Å². The van der Waals surface area contributed by atoms with Crippen LogP contribution >= 0.6 is 35.3 Å². The Morgan fingerprint density at radius 3 is 3.00 bits per heavy atom. The maximum Gasteiger partial charge on any atom is 0.230 e. The fraction of sp³-hybridized carbons (Fsp3) is 0.250. The lowest BCUT2D eigenvalue weighted by Crippen LogP contribution is -2.28. The summed E-state index contributed by atoms with van der Waals surface area (Å²) in [6.45, 7) is 1.60. The highest BCUT2D eigenvalue weighted by molar-refractivity contribution is 8.01. The smallest absolute Gasteiger partial charge is 0.230 e. The number of aromatic nitrogens is 2. The highest BCUT2D eigenvalue weighted by atomic mass is 32.2. The molecule has 2 aromatic rings. The second-order valence-corrected chi connectivity index (χ2v) is 6.99. The molecular formula is C12H11F2N3OS3. The molecule has 0 unspecified atom stereocenters. The summed E-state index contributed by atoms with van der Waals surface area (Å²) in [6.07, 6.45) is 0. The van der Waals surface area contributed by atoms with Crippen molar-refractivity contribution < 1.29 is 13.6 Å². The molecule has 2 N–H and O–H groups in total. The van der Waals surface area contributed by atoms with Crippen LogP contribution in [0.15, 0.2) is 22.5 Å². The van der Waals surface area contributed by atoms with Crippen LogP contribution in [0.5, 0.6) is 0 Å². The van der Waals surface area contributed by atoms with Crippen molar-refractivity contribution in [3.63, 3.8) is 0 Å². The highest BCUT2D eigenvalue weighted by Crippen LogP contribution is 2.21. The van der Waals surface area contributed by atoms with Crippen LogP contribution in [0.3, 0.4) is 0 Å². The fourth-order valence-corrected chi connectivity index (χ4v) is 3.51. The summed E-state index contributed by atoms with van der Waals surface area (Å²) >= 11 is 7.38. The van der Waals surface area contributed by atoms with Gasteiger partial charge in [0.2, 0.25) is 5.91 Å². The number of H-pyrrole nitrogens is 1. The van der Waals surface area contributed by atoms with E-state index in [2.05, 4.69) is 15.5 Å². The van der Waals surface area contributed by atoms with Crippen LogP contribution in [0.1, 0.15) is 18.5 Å². The van der Waals surface area contributed by atoms with E-state index in [-0.39, 0.29) is 17.2 Å². The number of nitrogens with zero attached hydrogens (tertiary/aromatic N) is 1. The molecule has 2 rings (SSSR count). The van der Waals surface area contributed by atoms with E-state index in [0.717, 1.165) is 6.07 Å². The van der Waals surface area contributed by atoms with Crippen LogP contribution in [-0.2, 0) is 4.79 Å². The zero-order valence-corrected chi connectivity index (χ0v) is 13.3. The topological polar surface area (TPSA) is 57.8 Å². The number of thioether (sulfide) groups is 1. The number of benzene rings is 1. The van der Waals surface area contributed by atoms with E-state index in [1.54, 1.807) is 6.92 Å². The molecule has 0 saturated carbocycles. The van der Waals surface area contributed by atoms with Gasteiger partial charge in [-0.25, -0.2) is 8.78 Å². The summed E-state index contributed by atoms with van der Waals surface area (Å²) in [6, 6.07) is 3.26. The Morgan fingerprint density at radius 2 is 2.33 bits per heavy atom. The van der Waals surface area contributed by atoms with Gasteiger partial charge in [-0.15, -0.1) is 0 Å². The number of aromatic amines is 1. The number of hydrogen-bond acceptors (Lipinski definition) is 5. The molecule has 4 nitrogen and oxygen atoms in total. The molecule has 21 heavy (non-hydrogen) atoms. The number of rotatable bonds is 5. The average molecular weight is 347 g/mol. The monoisotopic (exact) mass is 347 g/mol. The van der Waals surface area contributed by atoms with Crippen molar-refractivity contribution >= 4 is 41.2 Å². The Kier molecular flexibility index (Phi) is 5.43.